The minimum Gasteiger partial charge on any atom is -0.396 e. The van der Waals surface area contributed by atoms with Crippen LogP contribution in [0.3, 0.4) is 0 Å². The summed E-state index contributed by atoms with van der Waals surface area (Å²) in [4.78, 5) is 0. The van der Waals surface area contributed by atoms with Crippen LogP contribution in [0.1, 0.15) is 25.0 Å². The fraction of sp³-hybridized carbons (Fsp3) is 0.400. The number of hydrogen-bond acceptors (Lipinski definition) is 3. The van der Waals surface area contributed by atoms with E-state index in [1.807, 2.05) is 41.9 Å². The Labute approximate surface area is 124 Å². The van der Waals surface area contributed by atoms with E-state index in [4.69, 9.17) is 16.7 Å². The monoisotopic (exact) mass is 293 g/mol. The third-order valence-corrected chi connectivity index (χ3v) is 3.32. The first-order valence-corrected chi connectivity index (χ1v) is 7.26. The molecule has 0 aliphatic heterocycles. The largest absolute Gasteiger partial charge is 0.396 e. The van der Waals surface area contributed by atoms with Crippen molar-refractivity contribution in [3.8, 4) is 5.69 Å². The second-order valence-electron chi connectivity index (χ2n) is 4.77. The molecule has 108 valence electrons. The van der Waals surface area contributed by atoms with E-state index in [1.165, 1.54) is 0 Å². The molecule has 20 heavy (non-hydrogen) atoms. The minimum atomic E-state index is 0.266. The summed E-state index contributed by atoms with van der Waals surface area (Å²) in [5.41, 5.74) is 2.02. The van der Waals surface area contributed by atoms with Gasteiger partial charge in [-0.2, -0.15) is 5.10 Å². The number of rotatable bonds is 7. The lowest BCUT2D eigenvalue weighted by molar-refractivity contribution is 0.283. The number of halogens is 1. The van der Waals surface area contributed by atoms with Crippen LogP contribution in [0.4, 0.5) is 5.82 Å². The highest BCUT2D eigenvalue weighted by Crippen LogP contribution is 2.18. The maximum absolute atomic E-state index is 8.72. The van der Waals surface area contributed by atoms with Crippen molar-refractivity contribution in [1.82, 2.24) is 9.78 Å². The van der Waals surface area contributed by atoms with E-state index in [2.05, 4.69) is 10.4 Å². The molecule has 0 saturated heterocycles. The number of hydrogen-bond donors (Lipinski definition) is 2. The van der Waals surface area contributed by atoms with Crippen LogP contribution in [-0.2, 0) is 0 Å². The van der Waals surface area contributed by atoms with Gasteiger partial charge >= 0.3 is 0 Å². The number of benzene rings is 1. The standard InChI is InChI=1S/C15H20ClN3O/c1-12-10-15(17-8-3-2-4-9-20)18-19(12)14-7-5-6-13(16)11-14/h5-7,10-11,20H,2-4,8-9H2,1H3,(H,17,18). The first-order chi connectivity index (χ1) is 9.70. The molecule has 1 aromatic heterocycles. The zero-order valence-electron chi connectivity index (χ0n) is 11.6. The Morgan fingerprint density at radius 3 is 2.85 bits per heavy atom. The molecular formula is C15H20ClN3O. The SMILES string of the molecule is Cc1cc(NCCCCCO)nn1-c1cccc(Cl)c1. The number of nitrogens with one attached hydrogen (secondary N) is 1. The minimum absolute atomic E-state index is 0.266. The molecule has 2 aromatic rings. The normalized spacial score (nSPS) is 10.8. The number of aliphatic hydroxyl groups excluding tert-OH is 1. The molecule has 0 aliphatic carbocycles. The van der Waals surface area contributed by atoms with Gasteiger partial charge in [0.05, 0.1) is 5.69 Å². The average Bonchev–Trinajstić information content (AvgIpc) is 2.80. The second-order valence-corrected chi connectivity index (χ2v) is 5.21. The van der Waals surface area contributed by atoms with Crippen molar-refractivity contribution >= 4 is 17.4 Å². The molecule has 2 rings (SSSR count). The van der Waals surface area contributed by atoms with Crippen molar-refractivity contribution in [1.29, 1.82) is 0 Å². The lowest BCUT2D eigenvalue weighted by atomic mass is 10.2. The van der Waals surface area contributed by atoms with Gasteiger partial charge in [0.2, 0.25) is 0 Å². The predicted molar refractivity (Wildman–Crippen MR) is 82.7 cm³/mol. The Morgan fingerprint density at radius 1 is 1.25 bits per heavy atom. The van der Waals surface area contributed by atoms with E-state index in [-0.39, 0.29) is 6.61 Å². The van der Waals surface area contributed by atoms with Gasteiger partial charge in [0.25, 0.3) is 0 Å². The van der Waals surface area contributed by atoms with Crippen LogP contribution < -0.4 is 5.32 Å². The van der Waals surface area contributed by atoms with Gasteiger partial charge in [0.15, 0.2) is 0 Å². The quantitative estimate of drug-likeness (QED) is 0.769. The molecule has 0 unspecified atom stereocenters. The van der Waals surface area contributed by atoms with E-state index in [1.54, 1.807) is 0 Å². The van der Waals surface area contributed by atoms with Gasteiger partial charge in [0.1, 0.15) is 5.82 Å². The predicted octanol–water partition coefficient (Wildman–Crippen LogP) is 3.41. The summed E-state index contributed by atoms with van der Waals surface area (Å²) in [6.07, 6.45) is 2.92. The lowest BCUT2D eigenvalue weighted by Crippen LogP contribution is -2.04. The van der Waals surface area contributed by atoms with Crippen LogP contribution in [0.15, 0.2) is 30.3 Å². The van der Waals surface area contributed by atoms with Crippen molar-refractivity contribution in [3.63, 3.8) is 0 Å². The molecule has 0 saturated carbocycles. The van der Waals surface area contributed by atoms with Gasteiger partial charge in [-0.05, 0) is 44.4 Å². The Morgan fingerprint density at radius 2 is 2.10 bits per heavy atom. The summed E-state index contributed by atoms with van der Waals surface area (Å²) < 4.78 is 1.88. The first kappa shape index (κ1) is 14.9. The van der Waals surface area contributed by atoms with Crippen LogP contribution in [0.5, 0.6) is 0 Å². The Hall–Kier alpha value is -1.52. The Balaban J connectivity index is 1.99. The van der Waals surface area contributed by atoms with Crippen molar-refractivity contribution in [2.75, 3.05) is 18.5 Å². The van der Waals surface area contributed by atoms with Gasteiger partial charge < -0.3 is 10.4 Å². The maximum atomic E-state index is 8.72. The third-order valence-electron chi connectivity index (χ3n) is 3.08. The molecule has 1 aromatic carbocycles. The van der Waals surface area contributed by atoms with E-state index in [9.17, 15) is 0 Å². The van der Waals surface area contributed by atoms with Crippen molar-refractivity contribution in [2.45, 2.75) is 26.2 Å². The van der Waals surface area contributed by atoms with E-state index in [0.717, 1.165) is 43.0 Å². The highest BCUT2D eigenvalue weighted by molar-refractivity contribution is 6.30. The van der Waals surface area contributed by atoms with Crippen molar-refractivity contribution < 1.29 is 5.11 Å². The summed E-state index contributed by atoms with van der Waals surface area (Å²) in [7, 11) is 0. The smallest absolute Gasteiger partial charge is 0.148 e. The van der Waals surface area contributed by atoms with Crippen molar-refractivity contribution in [2.24, 2.45) is 0 Å². The summed E-state index contributed by atoms with van der Waals surface area (Å²) in [6, 6.07) is 9.67. The number of aryl methyl sites for hydroxylation is 1. The number of anilines is 1. The Kier molecular flexibility index (Phi) is 5.44. The first-order valence-electron chi connectivity index (χ1n) is 6.88. The number of aromatic nitrogens is 2. The lowest BCUT2D eigenvalue weighted by Gasteiger charge is -2.04. The van der Waals surface area contributed by atoms with Crippen LogP contribution in [0.2, 0.25) is 5.02 Å². The molecule has 0 aliphatic rings. The molecule has 0 bridgehead atoms. The van der Waals surface area contributed by atoms with Crippen molar-refractivity contribution in [3.05, 3.63) is 41.0 Å². The summed E-state index contributed by atoms with van der Waals surface area (Å²) in [6.45, 7) is 3.15. The molecule has 2 N–H and O–H groups in total. The average molecular weight is 294 g/mol. The zero-order valence-corrected chi connectivity index (χ0v) is 12.4. The zero-order chi connectivity index (χ0) is 14.4. The molecule has 4 nitrogen and oxygen atoms in total. The van der Waals surface area contributed by atoms with Crippen LogP contribution in [0, 0.1) is 6.92 Å². The van der Waals surface area contributed by atoms with Crippen LogP contribution >= 0.6 is 11.6 Å². The fourth-order valence-electron chi connectivity index (χ4n) is 2.06. The van der Waals surface area contributed by atoms with E-state index < -0.39 is 0 Å². The van der Waals surface area contributed by atoms with Gasteiger partial charge in [-0.3, -0.25) is 0 Å². The number of nitrogens with zero attached hydrogens (tertiary/aromatic N) is 2. The van der Waals surface area contributed by atoms with Gasteiger partial charge in [-0.1, -0.05) is 17.7 Å². The van der Waals surface area contributed by atoms with Gasteiger partial charge in [-0.25, -0.2) is 4.68 Å². The van der Waals surface area contributed by atoms with Gasteiger partial charge in [0, 0.05) is 29.9 Å². The Bertz CT molecular complexity index is 554. The summed E-state index contributed by atoms with van der Waals surface area (Å²) >= 11 is 6.01. The molecule has 0 atom stereocenters. The topological polar surface area (TPSA) is 50.1 Å². The molecule has 5 heteroatoms. The molecular weight excluding hydrogens is 274 g/mol. The van der Waals surface area contributed by atoms with Gasteiger partial charge in [-0.15, -0.1) is 0 Å². The third kappa shape index (κ3) is 3.99. The molecule has 0 radical (unpaired) electrons. The van der Waals surface area contributed by atoms with E-state index in [0.29, 0.717) is 5.02 Å². The van der Waals surface area contributed by atoms with Crippen LogP contribution in [0.25, 0.3) is 5.69 Å². The number of aliphatic hydroxyl groups is 1. The summed E-state index contributed by atoms with van der Waals surface area (Å²) in [5, 5.41) is 17.3. The second kappa shape index (κ2) is 7.31. The highest BCUT2D eigenvalue weighted by atomic mass is 35.5. The fourth-order valence-corrected chi connectivity index (χ4v) is 2.24. The van der Waals surface area contributed by atoms with Crippen LogP contribution in [-0.4, -0.2) is 28.0 Å². The molecule has 0 fully saturated rings. The number of unbranched alkanes of at least 4 members (excludes halogenated alkanes) is 2. The maximum Gasteiger partial charge on any atom is 0.148 e. The molecule has 1 heterocycles. The van der Waals surface area contributed by atoms with E-state index >= 15 is 0 Å². The molecule has 0 amide bonds. The summed E-state index contributed by atoms with van der Waals surface area (Å²) in [5.74, 6) is 0.867. The highest BCUT2D eigenvalue weighted by Gasteiger charge is 2.06. The molecule has 0 spiro atoms.